The van der Waals surface area contributed by atoms with E-state index in [0.717, 1.165) is 64.2 Å². The molecule has 1 heterocycles. The number of carbonyl (C=O) groups excluding carboxylic acids is 2. The fourth-order valence-corrected chi connectivity index (χ4v) is 4.64. The average molecular weight is 428 g/mol. The molecular weight excluding hydrogens is 394 g/mol. The van der Waals surface area contributed by atoms with Crippen molar-refractivity contribution in [3.8, 4) is 0 Å². The van der Waals surface area contributed by atoms with E-state index in [9.17, 15) is 9.59 Å². The number of aryl methyl sites for hydroxylation is 1. The minimum absolute atomic E-state index is 0. The van der Waals surface area contributed by atoms with Gasteiger partial charge in [-0.3, -0.25) is 9.59 Å². The Morgan fingerprint density at radius 2 is 1.66 bits per heavy atom. The number of hydrogen-bond donors (Lipinski definition) is 3. The Labute approximate surface area is 178 Å². The van der Waals surface area contributed by atoms with Crippen molar-refractivity contribution in [2.75, 3.05) is 6.54 Å². The van der Waals surface area contributed by atoms with Gasteiger partial charge in [0.1, 0.15) is 5.54 Å². The van der Waals surface area contributed by atoms with E-state index in [4.69, 9.17) is 10.3 Å². The van der Waals surface area contributed by atoms with Crippen LogP contribution in [0.4, 0.5) is 0 Å². The van der Waals surface area contributed by atoms with Crippen molar-refractivity contribution in [3.05, 3.63) is 11.7 Å². The van der Waals surface area contributed by atoms with E-state index in [0.29, 0.717) is 24.7 Å². The zero-order valence-electron chi connectivity index (χ0n) is 17.3. The normalized spacial score (nSPS) is 20.3. The SMILES string of the molecule is CC(=O)NC1(c2noc(CCC(=O)NC3(CN)CCCC3)n2)CCCCCC1.Cl. The standard InChI is InChI=1S/C20H33N5O3.ClH/c1-15(26)23-20(12-4-2-3-5-13-20)18-22-17(28-25-18)9-8-16(27)24-19(14-21)10-6-7-11-19;/h2-14,21H2,1H3,(H,23,26)(H,24,27);1H. The highest BCUT2D eigenvalue weighted by atomic mass is 35.5. The summed E-state index contributed by atoms with van der Waals surface area (Å²) in [5.41, 5.74) is 5.09. The maximum atomic E-state index is 12.4. The van der Waals surface area contributed by atoms with Crippen LogP contribution in [0.15, 0.2) is 4.52 Å². The molecule has 0 aromatic carbocycles. The van der Waals surface area contributed by atoms with Crippen molar-refractivity contribution in [2.45, 2.75) is 95.1 Å². The van der Waals surface area contributed by atoms with Crippen LogP contribution in [0.2, 0.25) is 0 Å². The Morgan fingerprint density at radius 3 is 2.24 bits per heavy atom. The molecule has 1 aromatic heterocycles. The number of nitrogens with one attached hydrogen (secondary N) is 2. The molecule has 0 saturated heterocycles. The molecule has 2 aliphatic carbocycles. The van der Waals surface area contributed by atoms with Gasteiger partial charge in [0.2, 0.25) is 17.7 Å². The van der Waals surface area contributed by atoms with Gasteiger partial charge in [-0.1, -0.05) is 43.7 Å². The second-order valence-corrected chi connectivity index (χ2v) is 8.43. The van der Waals surface area contributed by atoms with Crippen molar-refractivity contribution in [2.24, 2.45) is 5.73 Å². The highest BCUT2D eigenvalue weighted by Crippen LogP contribution is 2.34. The Hall–Kier alpha value is -1.67. The summed E-state index contributed by atoms with van der Waals surface area (Å²) in [6.07, 6.45) is 10.7. The van der Waals surface area contributed by atoms with Crippen molar-refractivity contribution >= 4 is 24.2 Å². The lowest BCUT2D eigenvalue weighted by molar-refractivity contribution is -0.123. The Kier molecular flexibility index (Phi) is 8.46. The van der Waals surface area contributed by atoms with Gasteiger partial charge in [-0.25, -0.2) is 0 Å². The molecule has 0 spiro atoms. The summed E-state index contributed by atoms with van der Waals surface area (Å²) in [5.74, 6) is 0.857. The van der Waals surface area contributed by atoms with Crippen LogP contribution >= 0.6 is 12.4 Å². The molecule has 2 saturated carbocycles. The number of rotatable bonds is 7. The van der Waals surface area contributed by atoms with Crippen LogP contribution in [-0.2, 0) is 21.5 Å². The quantitative estimate of drug-likeness (QED) is 0.574. The van der Waals surface area contributed by atoms with E-state index in [-0.39, 0.29) is 36.2 Å². The van der Waals surface area contributed by atoms with Crippen LogP contribution in [0.3, 0.4) is 0 Å². The molecular formula is C20H34ClN5O3. The predicted molar refractivity (Wildman–Crippen MR) is 111 cm³/mol. The molecule has 0 aliphatic heterocycles. The summed E-state index contributed by atoms with van der Waals surface area (Å²) < 4.78 is 5.42. The maximum Gasteiger partial charge on any atom is 0.227 e. The molecule has 0 bridgehead atoms. The monoisotopic (exact) mass is 427 g/mol. The lowest BCUT2D eigenvalue weighted by Gasteiger charge is -2.30. The first kappa shape index (κ1) is 23.6. The van der Waals surface area contributed by atoms with Gasteiger partial charge in [0, 0.05) is 26.3 Å². The van der Waals surface area contributed by atoms with Crippen molar-refractivity contribution < 1.29 is 14.1 Å². The van der Waals surface area contributed by atoms with E-state index < -0.39 is 5.54 Å². The van der Waals surface area contributed by atoms with E-state index >= 15 is 0 Å². The molecule has 3 rings (SSSR count). The number of carbonyl (C=O) groups is 2. The fourth-order valence-electron chi connectivity index (χ4n) is 4.64. The van der Waals surface area contributed by atoms with Crippen LogP contribution in [0, 0.1) is 0 Å². The summed E-state index contributed by atoms with van der Waals surface area (Å²) in [4.78, 5) is 28.7. The number of nitrogens with zero attached hydrogens (tertiary/aromatic N) is 2. The molecule has 0 radical (unpaired) electrons. The minimum atomic E-state index is -0.556. The lowest BCUT2D eigenvalue weighted by atomic mass is 9.89. The predicted octanol–water partition coefficient (Wildman–Crippen LogP) is 2.50. The van der Waals surface area contributed by atoms with E-state index in [1.54, 1.807) is 0 Å². The molecule has 4 N–H and O–H groups in total. The number of hydrogen-bond acceptors (Lipinski definition) is 6. The molecule has 0 unspecified atom stereocenters. The van der Waals surface area contributed by atoms with Crippen molar-refractivity contribution in [1.29, 1.82) is 0 Å². The zero-order chi connectivity index (χ0) is 20.0. The topological polar surface area (TPSA) is 123 Å². The van der Waals surface area contributed by atoms with Crippen LogP contribution < -0.4 is 16.4 Å². The van der Waals surface area contributed by atoms with Gasteiger partial charge in [0.25, 0.3) is 0 Å². The highest BCUT2D eigenvalue weighted by molar-refractivity contribution is 5.85. The molecule has 8 nitrogen and oxygen atoms in total. The first-order valence-corrected chi connectivity index (χ1v) is 10.6. The van der Waals surface area contributed by atoms with Gasteiger partial charge in [0.05, 0.1) is 5.54 Å². The van der Waals surface area contributed by atoms with E-state index in [1.807, 2.05) is 0 Å². The van der Waals surface area contributed by atoms with Gasteiger partial charge in [0.15, 0.2) is 5.82 Å². The Morgan fingerprint density at radius 1 is 1.03 bits per heavy atom. The molecule has 1 aromatic rings. The summed E-state index contributed by atoms with van der Waals surface area (Å²) >= 11 is 0. The third-order valence-electron chi connectivity index (χ3n) is 6.19. The van der Waals surface area contributed by atoms with Crippen LogP contribution in [0.5, 0.6) is 0 Å². The van der Waals surface area contributed by atoms with Gasteiger partial charge in [-0.05, 0) is 25.7 Å². The third-order valence-corrected chi connectivity index (χ3v) is 6.19. The van der Waals surface area contributed by atoms with E-state index in [1.165, 1.54) is 6.92 Å². The second-order valence-electron chi connectivity index (χ2n) is 8.43. The lowest BCUT2D eigenvalue weighted by Crippen LogP contribution is -2.51. The molecule has 29 heavy (non-hydrogen) atoms. The van der Waals surface area contributed by atoms with Gasteiger partial charge in [-0.2, -0.15) is 4.98 Å². The zero-order valence-corrected chi connectivity index (χ0v) is 18.1. The first-order valence-electron chi connectivity index (χ1n) is 10.6. The summed E-state index contributed by atoms with van der Waals surface area (Å²) in [6.45, 7) is 2.00. The molecule has 0 atom stereocenters. The Bertz CT molecular complexity index is 679. The highest BCUT2D eigenvalue weighted by Gasteiger charge is 2.38. The number of nitrogens with two attached hydrogens (primary N) is 1. The van der Waals surface area contributed by atoms with Crippen LogP contribution in [0.25, 0.3) is 0 Å². The Balaban J connectivity index is 0.00000300. The number of amides is 2. The van der Waals surface area contributed by atoms with Crippen molar-refractivity contribution in [3.63, 3.8) is 0 Å². The fraction of sp³-hybridized carbons (Fsp3) is 0.800. The molecule has 2 amide bonds. The average Bonchev–Trinajstić information content (AvgIpc) is 3.27. The minimum Gasteiger partial charge on any atom is -0.349 e. The summed E-state index contributed by atoms with van der Waals surface area (Å²) in [7, 11) is 0. The smallest absolute Gasteiger partial charge is 0.227 e. The van der Waals surface area contributed by atoms with E-state index in [2.05, 4.69) is 20.8 Å². The maximum absolute atomic E-state index is 12.4. The van der Waals surface area contributed by atoms with Gasteiger partial charge >= 0.3 is 0 Å². The summed E-state index contributed by atoms with van der Waals surface area (Å²) in [5, 5.41) is 10.4. The van der Waals surface area contributed by atoms with Gasteiger partial charge in [-0.15, -0.1) is 12.4 Å². The molecule has 2 aliphatic rings. The number of halogens is 1. The summed E-state index contributed by atoms with van der Waals surface area (Å²) in [6, 6.07) is 0. The number of aromatic nitrogens is 2. The molecule has 2 fully saturated rings. The van der Waals surface area contributed by atoms with Crippen LogP contribution in [0.1, 0.15) is 89.3 Å². The molecule has 164 valence electrons. The molecule has 9 heteroatoms. The van der Waals surface area contributed by atoms with Gasteiger partial charge < -0.3 is 20.9 Å². The first-order chi connectivity index (χ1) is 13.5. The third kappa shape index (κ3) is 5.92. The largest absolute Gasteiger partial charge is 0.349 e. The van der Waals surface area contributed by atoms with Crippen molar-refractivity contribution in [1.82, 2.24) is 20.8 Å². The van der Waals surface area contributed by atoms with Crippen LogP contribution in [-0.4, -0.2) is 34.0 Å². The second kappa shape index (κ2) is 10.4.